The third-order valence-corrected chi connectivity index (χ3v) is 4.72. The Bertz CT molecular complexity index is 609. The highest BCUT2D eigenvalue weighted by Gasteiger charge is 2.36. The van der Waals surface area contributed by atoms with Crippen molar-refractivity contribution in [2.24, 2.45) is 0 Å². The minimum absolute atomic E-state index is 0.147. The summed E-state index contributed by atoms with van der Waals surface area (Å²) in [7, 11) is -3.22. The molecule has 0 bridgehead atoms. The first-order valence-electron chi connectivity index (χ1n) is 5.26. The van der Waals surface area contributed by atoms with Gasteiger partial charge >= 0.3 is 0 Å². The van der Waals surface area contributed by atoms with Crippen molar-refractivity contribution in [1.82, 2.24) is 0 Å². The van der Waals surface area contributed by atoms with Gasteiger partial charge in [0, 0.05) is 5.02 Å². The molecule has 18 heavy (non-hydrogen) atoms. The molecule has 1 aliphatic rings. The lowest BCUT2D eigenvalue weighted by Gasteiger charge is -2.17. The molecule has 0 saturated carbocycles. The van der Waals surface area contributed by atoms with Crippen molar-refractivity contribution in [3.63, 3.8) is 0 Å². The summed E-state index contributed by atoms with van der Waals surface area (Å²) < 4.78 is 22.7. The Morgan fingerprint density at radius 2 is 2.17 bits per heavy atom. The number of benzene rings is 1. The standard InChI is InChI=1S/C11H11ClN2O3S/c12-8-2-1-7(4-13)9(3-8)14-10-5-18(16,17)6-11(10)15/h1-3,10-11,14-15H,5-6H2. The summed E-state index contributed by atoms with van der Waals surface area (Å²) in [5.41, 5.74) is 0.794. The molecule has 0 radical (unpaired) electrons. The van der Waals surface area contributed by atoms with Crippen molar-refractivity contribution >= 4 is 27.1 Å². The molecule has 1 heterocycles. The molecule has 0 amide bonds. The van der Waals surface area contributed by atoms with Crippen LogP contribution >= 0.6 is 11.6 Å². The van der Waals surface area contributed by atoms with Crippen LogP contribution in [0.4, 0.5) is 5.69 Å². The smallest absolute Gasteiger partial charge is 0.155 e. The Hall–Kier alpha value is -1.29. The minimum atomic E-state index is -3.22. The van der Waals surface area contributed by atoms with Crippen LogP contribution in [0, 0.1) is 11.3 Å². The van der Waals surface area contributed by atoms with Gasteiger partial charge in [0.2, 0.25) is 0 Å². The zero-order valence-electron chi connectivity index (χ0n) is 9.30. The van der Waals surface area contributed by atoms with E-state index in [1.807, 2.05) is 6.07 Å². The van der Waals surface area contributed by atoms with E-state index in [2.05, 4.69) is 5.32 Å². The van der Waals surface area contributed by atoms with Crippen molar-refractivity contribution in [1.29, 1.82) is 5.26 Å². The summed E-state index contributed by atoms with van der Waals surface area (Å²) in [6, 6.07) is 6.03. The molecule has 2 atom stereocenters. The van der Waals surface area contributed by atoms with Gasteiger partial charge in [0.05, 0.1) is 34.9 Å². The molecule has 96 valence electrons. The molecular formula is C11H11ClN2O3S. The van der Waals surface area contributed by atoms with Crippen LogP contribution in [-0.2, 0) is 9.84 Å². The summed E-state index contributed by atoms with van der Waals surface area (Å²) in [4.78, 5) is 0. The van der Waals surface area contributed by atoms with Crippen LogP contribution in [0.15, 0.2) is 18.2 Å². The van der Waals surface area contributed by atoms with Crippen LogP contribution in [0.3, 0.4) is 0 Å². The van der Waals surface area contributed by atoms with Gasteiger partial charge < -0.3 is 10.4 Å². The fraction of sp³-hybridized carbons (Fsp3) is 0.364. The number of halogens is 1. The van der Waals surface area contributed by atoms with Gasteiger partial charge in [-0.2, -0.15) is 5.26 Å². The van der Waals surface area contributed by atoms with Crippen LogP contribution in [0.2, 0.25) is 5.02 Å². The van der Waals surface area contributed by atoms with Gasteiger partial charge in [-0.25, -0.2) is 8.42 Å². The van der Waals surface area contributed by atoms with Crippen molar-refractivity contribution in [2.45, 2.75) is 12.1 Å². The van der Waals surface area contributed by atoms with E-state index < -0.39 is 22.0 Å². The van der Waals surface area contributed by atoms with E-state index in [9.17, 15) is 13.5 Å². The van der Waals surface area contributed by atoms with Crippen LogP contribution in [-0.4, -0.2) is 37.2 Å². The Morgan fingerprint density at radius 3 is 2.72 bits per heavy atom. The molecule has 1 aromatic carbocycles. The third-order valence-electron chi connectivity index (χ3n) is 2.77. The predicted molar refractivity (Wildman–Crippen MR) is 68.2 cm³/mol. The summed E-state index contributed by atoms with van der Waals surface area (Å²) in [5.74, 6) is -0.404. The van der Waals surface area contributed by atoms with Gasteiger partial charge in [0.15, 0.2) is 9.84 Å². The van der Waals surface area contributed by atoms with Crippen LogP contribution in [0.1, 0.15) is 5.56 Å². The lowest BCUT2D eigenvalue weighted by molar-refractivity contribution is 0.190. The number of anilines is 1. The largest absolute Gasteiger partial charge is 0.390 e. The summed E-state index contributed by atoms with van der Waals surface area (Å²) in [5, 5.41) is 21.9. The number of aliphatic hydroxyl groups excluding tert-OH is 1. The minimum Gasteiger partial charge on any atom is -0.390 e. The monoisotopic (exact) mass is 286 g/mol. The average Bonchev–Trinajstić information content (AvgIpc) is 2.52. The average molecular weight is 287 g/mol. The number of nitriles is 1. The van der Waals surface area contributed by atoms with E-state index in [0.29, 0.717) is 16.3 Å². The number of rotatable bonds is 2. The van der Waals surface area contributed by atoms with E-state index in [4.69, 9.17) is 16.9 Å². The van der Waals surface area contributed by atoms with E-state index in [1.54, 1.807) is 12.1 Å². The molecule has 0 spiro atoms. The fourth-order valence-electron chi connectivity index (χ4n) is 1.90. The number of hydrogen-bond donors (Lipinski definition) is 2. The highest BCUT2D eigenvalue weighted by molar-refractivity contribution is 7.91. The second kappa shape index (κ2) is 4.76. The van der Waals surface area contributed by atoms with Gasteiger partial charge in [-0.3, -0.25) is 0 Å². The SMILES string of the molecule is N#Cc1ccc(Cl)cc1NC1CS(=O)(=O)CC1O. The first-order valence-corrected chi connectivity index (χ1v) is 7.46. The molecular weight excluding hydrogens is 276 g/mol. The molecule has 2 N–H and O–H groups in total. The summed E-state index contributed by atoms with van der Waals surface area (Å²) in [6.07, 6.45) is -0.972. The molecule has 1 aliphatic heterocycles. The van der Waals surface area contributed by atoms with Gasteiger partial charge in [-0.05, 0) is 18.2 Å². The Kier molecular flexibility index (Phi) is 3.48. The maximum absolute atomic E-state index is 11.4. The Morgan fingerprint density at radius 1 is 1.44 bits per heavy atom. The molecule has 1 fully saturated rings. The van der Waals surface area contributed by atoms with Gasteiger partial charge in [-0.1, -0.05) is 11.6 Å². The van der Waals surface area contributed by atoms with Crippen molar-refractivity contribution < 1.29 is 13.5 Å². The first kappa shape index (κ1) is 13.1. The molecule has 2 rings (SSSR count). The number of nitrogens with one attached hydrogen (secondary N) is 1. The topological polar surface area (TPSA) is 90.2 Å². The Balaban J connectivity index is 2.25. The van der Waals surface area contributed by atoms with Crippen molar-refractivity contribution in [3.05, 3.63) is 28.8 Å². The van der Waals surface area contributed by atoms with Crippen LogP contribution in [0.25, 0.3) is 0 Å². The number of aliphatic hydroxyl groups is 1. The fourth-order valence-corrected chi connectivity index (χ4v) is 3.81. The lowest BCUT2D eigenvalue weighted by atomic mass is 10.1. The molecule has 0 aliphatic carbocycles. The maximum atomic E-state index is 11.4. The summed E-state index contributed by atoms with van der Waals surface area (Å²) in [6.45, 7) is 0. The number of sulfone groups is 1. The lowest BCUT2D eigenvalue weighted by Crippen LogP contribution is -2.32. The summed E-state index contributed by atoms with van der Waals surface area (Å²) >= 11 is 5.82. The molecule has 1 saturated heterocycles. The third kappa shape index (κ3) is 2.75. The zero-order valence-corrected chi connectivity index (χ0v) is 10.9. The van der Waals surface area contributed by atoms with Crippen molar-refractivity contribution in [3.8, 4) is 6.07 Å². The predicted octanol–water partition coefficient (Wildman–Crippen LogP) is 0.781. The molecule has 7 heteroatoms. The van der Waals surface area contributed by atoms with Gasteiger partial charge in [0.25, 0.3) is 0 Å². The van der Waals surface area contributed by atoms with Gasteiger partial charge in [0.1, 0.15) is 6.07 Å². The number of hydrogen-bond acceptors (Lipinski definition) is 5. The second-order valence-corrected chi connectivity index (χ2v) is 6.79. The first-order chi connectivity index (χ1) is 8.41. The molecule has 5 nitrogen and oxygen atoms in total. The van der Waals surface area contributed by atoms with E-state index in [-0.39, 0.29) is 11.5 Å². The second-order valence-electron chi connectivity index (χ2n) is 4.20. The molecule has 1 aromatic rings. The number of nitrogens with zero attached hydrogens (tertiary/aromatic N) is 1. The maximum Gasteiger partial charge on any atom is 0.155 e. The van der Waals surface area contributed by atoms with E-state index in [0.717, 1.165) is 0 Å². The molecule has 0 aromatic heterocycles. The quantitative estimate of drug-likeness (QED) is 0.838. The Labute approximate surface area is 110 Å². The van der Waals surface area contributed by atoms with E-state index >= 15 is 0 Å². The molecule has 2 unspecified atom stereocenters. The normalized spacial score (nSPS) is 25.6. The zero-order chi connectivity index (χ0) is 13.3. The van der Waals surface area contributed by atoms with Gasteiger partial charge in [-0.15, -0.1) is 0 Å². The van der Waals surface area contributed by atoms with Crippen molar-refractivity contribution in [2.75, 3.05) is 16.8 Å². The highest BCUT2D eigenvalue weighted by atomic mass is 35.5. The highest BCUT2D eigenvalue weighted by Crippen LogP contribution is 2.24. The van der Waals surface area contributed by atoms with Crippen LogP contribution in [0.5, 0.6) is 0 Å². The van der Waals surface area contributed by atoms with Crippen LogP contribution < -0.4 is 5.32 Å². The van der Waals surface area contributed by atoms with E-state index in [1.165, 1.54) is 6.07 Å².